The molecule has 1 aliphatic rings. The van der Waals surface area contributed by atoms with E-state index in [0.29, 0.717) is 12.1 Å². The van der Waals surface area contributed by atoms with E-state index in [0.717, 1.165) is 0 Å². The van der Waals surface area contributed by atoms with Crippen LogP contribution in [0.15, 0.2) is 46.2 Å². The number of aryl methyl sites for hydroxylation is 1. The summed E-state index contributed by atoms with van der Waals surface area (Å²) in [7, 11) is 0. The van der Waals surface area contributed by atoms with Crippen LogP contribution in [-0.2, 0) is 10.8 Å². The van der Waals surface area contributed by atoms with Gasteiger partial charge in [0.25, 0.3) is 5.91 Å². The van der Waals surface area contributed by atoms with Crippen LogP contribution < -0.4 is 5.32 Å². The maximum atomic E-state index is 11.9. The highest BCUT2D eigenvalue weighted by Crippen LogP contribution is 2.48. The molecular weight excluding hydrogens is 350 g/mol. The highest BCUT2D eigenvalue weighted by Gasteiger charge is 2.37. The molecule has 0 saturated heterocycles. The third-order valence-corrected chi connectivity index (χ3v) is 7.00. The minimum absolute atomic E-state index is 0.0111. The van der Waals surface area contributed by atoms with Crippen molar-refractivity contribution in [2.45, 2.75) is 75.0 Å². The molecule has 27 heavy (non-hydrogen) atoms. The summed E-state index contributed by atoms with van der Waals surface area (Å²) in [6.07, 6.45) is 2.46. The molecule has 0 aromatic heterocycles. The fourth-order valence-corrected chi connectivity index (χ4v) is 4.80. The van der Waals surface area contributed by atoms with Gasteiger partial charge in [0.15, 0.2) is 0 Å². The van der Waals surface area contributed by atoms with E-state index < -0.39 is 0 Å². The van der Waals surface area contributed by atoms with E-state index in [9.17, 15) is 4.79 Å². The van der Waals surface area contributed by atoms with Gasteiger partial charge in [0, 0.05) is 21.9 Å². The molecule has 0 spiro atoms. The van der Waals surface area contributed by atoms with E-state index in [1.807, 2.05) is 31.2 Å². The van der Waals surface area contributed by atoms with E-state index in [1.54, 1.807) is 11.8 Å². The molecule has 2 aromatic carbocycles. The molecule has 144 valence electrons. The third kappa shape index (κ3) is 4.08. The van der Waals surface area contributed by atoms with Crippen LogP contribution in [0, 0.1) is 6.92 Å². The third-order valence-electron chi connectivity index (χ3n) is 5.83. The van der Waals surface area contributed by atoms with Gasteiger partial charge in [-0.05, 0) is 84.5 Å². The van der Waals surface area contributed by atoms with E-state index in [1.165, 1.54) is 39.3 Å². The molecule has 3 rings (SSSR count). The molecule has 1 aliphatic carbocycles. The Labute approximate surface area is 168 Å². The number of benzene rings is 2. The Hall–Kier alpha value is -1.74. The predicted octanol–water partition coefficient (Wildman–Crippen LogP) is 6.24. The molecule has 0 radical (unpaired) electrons. The highest BCUT2D eigenvalue weighted by atomic mass is 32.2. The zero-order valence-electron chi connectivity index (χ0n) is 17.4. The van der Waals surface area contributed by atoms with Crippen LogP contribution in [0.5, 0.6) is 0 Å². The summed E-state index contributed by atoms with van der Waals surface area (Å²) in [5, 5.41) is 2.85. The lowest BCUT2D eigenvalue weighted by atomic mass is 9.63. The fourth-order valence-electron chi connectivity index (χ4n) is 3.88. The summed E-state index contributed by atoms with van der Waals surface area (Å²) in [5.41, 5.74) is 5.50. The van der Waals surface area contributed by atoms with E-state index in [-0.39, 0.29) is 16.7 Å². The van der Waals surface area contributed by atoms with Crippen molar-refractivity contribution in [1.82, 2.24) is 5.32 Å². The van der Waals surface area contributed by atoms with E-state index in [4.69, 9.17) is 0 Å². The SMILES string of the molecule is CCNC(=O)c1ccc(Sc2cc3c(cc2C)C(C)(C)CCC3(C)C)cc1. The number of carbonyl (C=O) groups is 1. The number of fused-ring (bicyclic) bond motifs is 1. The number of nitrogens with one attached hydrogen (secondary N) is 1. The van der Waals surface area contributed by atoms with Crippen LogP contribution in [0.3, 0.4) is 0 Å². The summed E-state index contributed by atoms with van der Waals surface area (Å²) in [6, 6.07) is 12.7. The Morgan fingerprint density at radius 2 is 1.56 bits per heavy atom. The quantitative estimate of drug-likeness (QED) is 0.678. The summed E-state index contributed by atoms with van der Waals surface area (Å²) in [6.45, 7) is 14.3. The van der Waals surface area contributed by atoms with Gasteiger partial charge in [0.1, 0.15) is 0 Å². The number of hydrogen-bond acceptors (Lipinski definition) is 2. The van der Waals surface area contributed by atoms with Crippen molar-refractivity contribution in [2.24, 2.45) is 0 Å². The van der Waals surface area contributed by atoms with Crippen molar-refractivity contribution >= 4 is 17.7 Å². The second-order valence-electron chi connectivity index (χ2n) is 8.92. The monoisotopic (exact) mass is 381 g/mol. The van der Waals surface area contributed by atoms with Gasteiger partial charge in [-0.3, -0.25) is 4.79 Å². The fraction of sp³-hybridized carbons (Fsp3) is 0.458. The topological polar surface area (TPSA) is 29.1 Å². The standard InChI is InChI=1S/C24H31NOS/c1-7-25-22(26)17-8-10-18(11-9-17)27-21-15-20-19(14-16(21)2)23(3,4)12-13-24(20,5)6/h8-11,14-15H,7,12-13H2,1-6H3,(H,25,26). The normalized spacial score (nSPS) is 17.3. The molecule has 0 unspecified atom stereocenters. The molecule has 3 heteroatoms. The zero-order chi connectivity index (χ0) is 19.8. The number of amides is 1. The Balaban J connectivity index is 1.91. The van der Waals surface area contributed by atoms with Crippen molar-refractivity contribution in [1.29, 1.82) is 0 Å². The van der Waals surface area contributed by atoms with Gasteiger partial charge < -0.3 is 5.32 Å². The predicted molar refractivity (Wildman–Crippen MR) is 115 cm³/mol. The van der Waals surface area contributed by atoms with Crippen molar-refractivity contribution < 1.29 is 4.79 Å². The first-order valence-electron chi connectivity index (χ1n) is 9.86. The van der Waals surface area contributed by atoms with Gasteiger partial charge in [0.05, 0.1) is 0 Å². The molecule has 0 heterocycles. The molecule has 2 aromatic rings. The van der Waals surface area contributed by atoms with Crippen molar-refractivity contribution in [3.8, 4) is 0 Å². The Morgan fingerprint density at radius 1 is 1.00 bits per heavy atom. The lowest BCUT2D eigenvalue weighted by molar-refractivity contribution is 0.0956. The van der Waals surface area contributed by atoms with Crippen LogP contribution in [0.4, 0.5) is 0 Å². The second kappa shape index (κ2) is 7.35. The van der Waals surface area contributed by atoms with Gasteiger partial charge in [0.2, 0.25) is 0 Å². The lowest BCUT2D eigenvalue weighted by Gasteiger charge is -2.42. The molecule has 1 amide bonds. The number of hydrogen-bond donors (Lipinski definition) is 1. The van der Waals surface area contributed by atoms with Crippen molar-refractivity contribution in [2.75, 3.05) is 6.54 Å². The first kappa shape index (κ1) is 20.0. The molecule has 2 nitrogen and oxygen atoms in total. The Kier molecular flexibility index (Phi) is 5.45. The summed E-state index contributed by atoms with van der Waals surface area (Å²) >= 11 is 1.79. The first-order chi connectivity index (χ1) is 12.6. The molecule has 0 fully saturated rings. The van der Waals surface area contributed by atoms with Crippen LogP contribution in [0.25, 0.3) is 0 Å². The average molecular weight is 382 g/mol. The van der Waals surface area contributed by atoms with E-state index >= 15 is 0 Å². The van der Waals surface area contributed by atoms with Crippen LogP contribution in [0.1, 0.15) is 74.5 Å². The summed E-state index contributed by atoms with van der Waals surface area (Å²) in [5.74, 6) is -0.0111. The average Bonchev–Trinajstić information content (AvgIpc) is 2.61. The first-order valence-corrected chi connectivity index (χ1v) is 10.7. The zero-order valence-corrected chi connectivity index (χ0v) is 18.2. The molecular formula is C24H31NOS. The molecule has 0 atom stereocenters. The van der Waals surface area contributed by atoms with Gasteiger partial charge >= 0.3 is 0 Å². The highest BCUT2D eigenvalue weighted by molar-refractivity contribution is 7.99. The second-order valence-corrected chi connectivity index (χ2v) is 10.0. The molecule has 0 aliphatic heterocycles. The molecule has 0 saturated carbocycles. The van der Waals surface area contributed by atoms with Gasteiger partial charge in [-0.1, -0.05) is 45.5 Å². The minimum atomic E-state index is -0.0111. The van der Waals surface area contributed by atoms with Crippen LogP contribution in [0.2, 0.25) is 0 Å². The summed E-state index contributed by atoms with van der Waals surface area (Å²) < 4.78 is 0. The van der Waals surface area contributed by atoms with Crippen molar-refractivity contribution in [3.05, 3.63) is 58.7 Å². The van der Waals surface area contributed by atoms with Gasteiger partial charge in [-0.25, -0.2) is 0 Å². The Morgan fingerprint density at radius 3 is 2.11 bits per heavy atom. The molecule has 0 bridgehead atoms. The largest absolute Gasteiger partial charge is 0.352 e. The van der Waals surface area contributed by atoms with Crippen molar-refractivity contribution in [3.63, 3.8) is 0 Å². The van der Waals surface area contributed by atoms with Crippen LogP contribution >= 0.6 is 11.8 Å². The lowest BCUT2D eigenvalue weighted by Crippen LogP contribution is -2.34. The minimum Gasteiger partial charge on any atom is -0.352 e. The van der Waals surface area contributed by atoms with E-state index in [2.05, 4.69) is 52.1 Å². The van der Waals surface area contributed by atoms with Gasteiger partial charge in [-0.15, -0.1) is 0 Å². The Bertz CT molecular complexity index is 849. The maximum Gasteiger partial charge on any atom is 0.251 e. The summed E-state index contributed by atoms with van der Waals surface area (Å²) in [4.78, 5) is 14.4. The molecule has 1 N–H and O–H groups in total. The number of carbonyl (C=O) groups excluding carboxylic acids is 1. The smallest absolute Gasteiger partial charge is 0.251 e. The number of rotatable bonds is 4. The van der Waals surface area contributed by atoms with Gasteiger partial charge in [-0.2, -0.15) is 0 Å². The van der Waals surface area contributed by atoms with Crippen LogP contribution in [-0.4, -0.2) is 12.5 Å². The maximum absolute atomic E-state index is 11.9.